The number of piperidine rings is 1. The monoisotopic (exact) mass is 478 g/mol. The van der Waals surface area contributed by atoms with Crippen LogP contribution in [0.2, 0.25) is 0 Å². The number of rotatable bonds is 5. The van der Waals surface area contributed by atoms with E-state index in [1.807, 2.05) is 18.3 Å². The molecule has 0 spiro atoms. The van der Waals surface area contributed by atoms with Gasteiger partial charge in [-0.05, 0) is 91.8 Å². The summed E-state index contributed by atoms with van der Waals surface area (Å²) in [6.45, 7) is 12.6. The summed E-state index contributed by atoms with van der Waals surface area (Å²) in [5, 5.41) is 27.6. The Balaban J connectivity index is 1.26. The normalized spacial score (nSPS) is 31.6. The van der Waals surface area contributed by atoms with Gasteiger partial charge in [-0.15, -0.1) is 0 Å². The lowest BCUT2D eigenvalue weighted by atomic mass is 9.52. The quantitative estimate of drug-likeness (QED) is 0.686. The zero-order valence-corrected chi connectivity index (χ0v) is 21.7. The first-order chi connectivity index (χ1) is 16.7. The molecule has 2 aromatic rings. The van der Waals surface area contributed by atoms with Gasteiger partial charge in [0.15, 0.2) is 0 Å². The Morgan fingerprint density at radius 1 is 1.06 bits per heavy atom. The smallest absolute Gasteiger partial charge is 0.115 e. The van der Waals surface area contributed by atoms with Gasteiger partial charge in [-0.25, -0.2) is 0 Å². The first-order valence-corrected chi connectivity index (χ1v) is 13.7. The molecule has 1 saturated carbocycles. The van der Waals surface area contributed by atoms with Crippen molar-refractivity contribution in [3.05, 3.63) is 47.3 Å². The van der Waals surface area contributed by atoms with Gasteiger partial charge in [0.2, 0.25) is 0 Å². The zero-order valence-electron chi connectivity index (χ0n) is 21.7. The second kappa shape index (κ2) is 8.32. The molecule has 6 rings (SSSR count). The Hall–Kier alpha value is -1.89. The maximum atomic E-state index is 12.6. The average molecular weight is 479 g/mol. The van der Waals surface area contributed by atoms with Crippen LogP contribution in [0.4, 0.5) is 0 Å². The summed E-state index contributed by atoms with van der Waals surface area (Å²) in [5.74, 6) is 1.15. The van der Waals surface area contributed by atoms with Crippen LogP contribution in [-0.2, 0) is 23.8 Å². The van der Waals surface area contributed by atoms with Crippen molar-refractivity contribution in [3.63, 3.8) is 0 Å². The molecule has 3 fully saturated rings. The number of phenolic OH excluding ortho intramolecular Hbond substituents is 1. The van der Waals surface area contributed by atoms with Crippen LogP contribution in [0.5, 0.6) is 5.75 Å². The molecular weight excluding hydrogens is 436 g/mol. The molecule has 3 unspecified atom stereocenters. The molecule has 3 heterocycles. The van der Waals surface area contributed by atoms with Crippen molar-refractivity contribution in [2.45, 2.75) is 88.3 Å². The molecule has 2 aliphatic carbocycles. The summed E-state index contributed by atoms with van der Waals surface area (Å²) < 4.78 is 2.08. The largest absolute Gasteiger partial charge is 0.508 e. The van der Waals surface area contributed by atoms with Crippen LogP contribution in [0.15, 0.2) is 30.6 Å². The van der Waals surface area contributed by atoms with E-state index < -0.39 is 5.60 Å². The molecule has 0 radical (unpaired) electrons. The fourth-order valence-electron chi connectivity index (χ4n) is 7.25. The molecule has 1 aromatic carbocycles. The van der Waals surface area contributed by atoms with Crippen molar-refractivity contribution in [2.24, 2.45) is 5.92 Å². The summed E-state index contributed by atoms with van der Waals surface area (Å²) in [4.78, 5) is 5.16. The van der Waals surface area contributed by atoms with Crippen LogP contribution in [0.3, 0.4) is 0 Å². The molecule has 1 aromatic heterocycles. The van der Waals surface area contributed by atoms with Gasteiger partial charge in [-0.1, -0.05) is 26.8 Å². The van der Waals surface area contributed by atoms with Crippen molar-refractivity contribution < 1.29 is 10.2 Å². The van der Waals surface area contributed by atoms with E-state index in [-0.39, 0.29) is 16.9 Å². The van der Waals surface area contributed by atoms with E-state index >= 15 is 0 Å². The maximum Gasteiger partial charge on any atom is 0.115 e. The van der Waals surface area contributed by atoms with E-state index in [0.29, 0.717) is 5.75 Å². The molecule has 2 bridgehead atoms. The first kappa shape index (κ1) is 23.5. The van der Waals surface area contributed by atoms with Gasteiger partial charge in [0.25, 0.3) is 0 Å². The molecule has 0 amide bonds. The standard InChI is InChI=1S/C29H42N4O2/c1-27(2,3)23-18-30-33(20-23)15-14-31-11-8-28-9-13-32(19-21-4-5-21)26(29(28,35)10-12-31)16-22-6-7-24(34)17-25(22)28/h6-7,17-18,20-21,26,34-35H,4-5,8-16,19H2,1-3H3. The molecule has 6 heteroatoms. The average Bonchev–Trinajstić information content (AvgIpc) is 3.52. The highest BCUT2D eigenvalue weighted by Gasteiger charge is 2.63. The summed E-state index contributed by atoms with van der Waals surface area (Å²) in [6.07, 6.45) is 10.5. The number of aromatic nitrogens is 2. The number of hydrogen-bond donors (Lipinski definition) is 2. The van der Waals surface area contributed by atoms with Gasteiger partial charge in [0, 0.05) is 37.3 Å². The number of likely N-dealkylation sites (tertiary alicyclic amines) is 2. The minimum atomic E-state index is -0.749. The topological polar surface area (TPSA) is 64.8 Å². The van der Waals surface area contributed by atoms with Crippen molar-refractivity contribution in [2.75, 3.05) is 32.7 Å². The highest BCUT2D eigenvalue weighted by Crippen LogP contribution is 2.56. The predicted octanol–water partition coefficient (Wildman–Crippen LogP) is 3.69. The third-order valence-corrected chi connectivity index (χ3v) is 9.67. The number of aromatic hydroxyl groups is 1. The molecule has 2 saturated heterocycles. The second-order valence-electron chi connectivity index (χ2n) is 12.8. The van der Waals surface area contributed by atoms with Crippen LogP contribution >= 0.6 is 0 Å². The lowest BCUT2D eigenvalue weighted by molar-refractivity contribution is -0.149. The number of nitrogens with zero attached hydrogens (tertiary/aromatic N) is 4. The highest BCUT2D eigenvalue weighted by molar-refractivity contribution is 5.48. The molecule has 6 nitrogen and oxygen atoms in total. The van der Waals surface area contributed by atoms with Gasteiger partial charge in [-0.3, -0.25) is 9.58 Å². The van der Waals surface area contributed by atoms with E-state index in [1.165, 1.54) is 29.5 Å². The SMILES string of the molecule is CC(C)(C)c1cnn(CCN2CCC34CCN(CC5CC5)C(Cc5ccc(O)cc53)C4(O)CC2)c1. The summed E-state index contributed by atoms with van der Waals surface area (Å²) in [6, 6.07) is 6.10. The second-order valence-corrected chi connectivity index (χ2v) is 12.8. The zero-order chi connectivity index (χ0) is 24.4. The minimum absolute atomic E-state index is 0.113. The van der Waals surface area contributed by atoms with E-state index in [9.17, 15) is 10.2 Å². The summed E-state index contributed by atoms with van der Waals surface area (Å²) >= 11 is 0. The van der Waals surface area contributed by atoms with Gasteiger partial charge in [0.05, 0.1) is 18.3 Å². The van der Waals surface area contributed by atoms with Crippen LogP contribution in [0.25, 0.3) is 0 Å². The number of aliphatic hydroxyl groups is 1. The Morgan fingerprint density at radius 3 is 2.57 bits per heavy atom. The maximum absolute atomic E-state index is 12.6. The Kier molecular flexibility index (Phi) is 5.59. The fourth-order valence-corrected chi connectivity index (χ4v) is 7.25. The van der Waals surface area contributed by atoms with Crippen LogP contribution in [0, 0.1) is 5.92 Å². The Morgan fingerprint density at radius 2 is 1.83 bits per heavy atom. The summed E-state index contributed by atoms with van der Waals surface area (Å²) in [7, 11) is 0. The number of benzene rings is 1. The van der Waals surface area contributed by atoms with Gasteiger partial charge < -0.3 is 15.1 Å². The van der Waals surface area contributed by atoms with Crippen LogP contribution in [-0.4, -0.2) is 74.2 Å². The molecule has 35 heavy (non-hydrogen) atoms. The summed E-state index contributed by atoms with van der Waals surface area (Å²) in [5.41, 5.74) is 2.91. The molecular formula is C29H42N4O2. The minimum Gasteiger partial charge on any atom is -0.508 e. The van der Waals surface area contributed by atoms with E-state index in [2.05, 4.69) is 52.6 Å². The third kappa shape index (κ3) is 4.02. The Labute approximate surface area is 209 Å². The van der Waals surface area contributed by atoms with Crippen molar-refractivity contribution >= 4 is 0 Å². The fraction of sp³-hybridized carbons (Fsp3) is 0.690. The first-order valence-electron chi connectivity index (χ1n) is 13.7. The van der Waals surface area contributed by atoms with Crippen molar-refractivity contribution in [1.82, 2.24) is 19.6 Å². The highest BCUT2D eigenvalue weighted by atomic mass is 16.3. The van der Waals surface area contributed by atoms with E-state index in [0.717, 1.165) is 70.9 Å². The predicted molar refractivity (Wildman–Crippen MR) is 138 cm³/mol. The van der Waals surface area contributed by atoms with Gasteiger partial charge in [-0.2, -0.15) is 5.10 Å². The molecule has 2 N–H and O–H groups in total. The van der Waals surface area contributed by atoms with Crippen LogP contribution in [0.1, 0.15) is 69.6 Å². The third-order valence-electron chi connectivity index (χ3n) is 9.67. The number of fused-ring (bicyclic) bond motifs is 1. The van der Waals surface area contributed by atoms with Gasteiger partial charge >= 0.3 is 0 Å². The lowest BCUT2D eigenvalue weighted by Gasteiger charge is -2.61. The molecule has 3 atom stereocenters. The number of hydrogen-bond acceptors (Lipinski definition) is 5. The molecule has 2 aliphatic heterocycles. The van der Waals surface area contributed by atoms with Crippen LogP contribution < -0.4 is 0 Å². The number of phenols is 1. The van der Waals surface area contributed by atoms with Crippen molar-refractivity contribution in [1.29, 1.82) is 0 Å². The molecule has 190 valence electrons. The van der Waals surface area contributed by atoms with E-state index in [4.69, 9.17) is 0 Å². The van der Waals surface area contributed by atoms with Gasteiger partial charge in [0.1, 0.15) is 5.75 Å². The molecule has 4 aliphatic rings. The van der Waals surface area contributed by atoms with E-state index in [1.54, 1.807) is 0 Å². The Bertz CT molecular complexity index is 1090. The lowest BCUT2D eigenvalue weighted by Crippen LogP contribution is -2.71. The van der Waals surface area contributed by atoms with Crippen molar-refractivity contribution in [3.8, 4) is 5.75 Å².